The zero-order valence-corrected chi connectivity index (χ0v) is 11.3. The van der Waals surface area contributed by atoms with Crippen molar-refractivity contribution in [1.82, 2.24) is 0 Å². The summed E-state index contributed by atoms with van der Waals surface area (Å²) in [4.78, 5) is 16.0. The Labute approximate surface area is 121 Å². The Balaban J connectivity index is 2.00. The van der Waals surface area contributed by atoms with Crippen molar-refractivity contribution in [2.75, 3.05) is 0 Å². The van der Waals surface area contributed by atoms with Crippen LogP contribution in [0.2, 0.25) is 0 Å². The number of rotatable bonds is 2. The van der Waals surface area contributed by atoms with Crippen LogP contribution in [0.25, 0.3) is 6.08 Å². The number of cyclic esters (lactones) is 1. The van der Waals surface area contributed by atoms with E-state index in [0.29, 0.717) is 0 Å². The smallest absolute Gasteiger partial charge is 0.363 e. The molecule has 0 N–H and O–H groups in total. The molecule has 3 rings (SSSR count). The van der Waals surface area contributed by atoms with Crippen molar-refractivity contribution in [2.45, 2.75) is 6.92 Å². The van der Waals surface area contributed by atoms with E-state index in [1.807, 2.05) is 31.2 Å². The summed E-state index contributed by atoms with van der Waals surface area (Å²) >= 11 is 0. The van der Waals surface area contributed by atoms with Crippen molar-refractivity contribution in [3.63, 3.8) is 0 Å². The first-order chi connectivity index (χ1) is 10.1. The van der Waals surface area contributed by atoms with E-state index in [4.69, 9.17) is 4.74 Å². The van der Waals surface area contributed by atoms with Gasteiger partial charge in [0.15, 0.2) is 5.70 Å². The molecule has 3 nitrogen and oxygen atoms in total. The van der Waals surface area contributed by atoms with Gasteiger partial charge in [0.25, 0.3) is 0 Å². The second-order valence-electron chi connectivity index (χ2n) is 4.67. The van der Waals surface area contributed by atoms with Gasteiger partial charge in [-0.05, 0) is 36.3 Å². The summed E-state index contributed by atoms with van der Waals surface area (Å²) < 4.78 is 18.8. The summed E-state index contributed by atoms with van der Waals surface area (Å²) in [6.07, 6.45) is 1.64. The Bertz CT molecular complexity index is 778. The highest BCUT2D eigenvalue weighted by atomic mass is 19.1. The Morgan fingerprint density at radius 2 is 1.81 bits per heavy atom. The third kappa shape index (κ3) is 2.60. The Morgan fingerprint density at radius 1 is 1.10 bits per heavy atom. The second-order valence-corrected chi connectivity index (χ2v) is 4.67. The molecule has 104 valence electrons. The minimum Gasteiger partial charge on any atom is -0.402 e. The normalized spacial score (nSPS) is 16.0. The third-order valence-corrected chi connectivity index (χ3v) is 3.21. The Hall–Kier alpha value is -2.75. The van der Waals surface area contributed by atoms with Crippen LogP contribution in [0, 0.1) is 12.7 Å². The van der Waals surface area contributed by atoms with Crippen LogP contribution < -0.4 is 0 Å². The number of nitrogens with zero attached hydrogens (tertiary/aromatic N) is 1. The van der Waals surface area contributed by atoms with Crippen LogP contribution in [0.15, 0.2) is 59.2 Å². The van der Waals surface area contributed by atoms with Gasteiger partial charge in [-0.1, -0.05) is 36.4 Å². The number of esters is 1. The van der Waals surface area contributed by atoms with Crippen LogP contribution in [-0.4, -0.2) is 11.9 Å². The summed E-state index contributed by atoms with van der Waals surface area (Å²) in [7, 11) is 0. The van der Waals surface area contributed by atoms with E-state index in [9.17, 15) is 9.18 Å². The molecular weight excluding hydrogens is 269 g/mol. The van der Waals surface area contributed by atoms with E-state index in [1.165, 1.54) is 12.1 Å². The van der Waals surface area contributed by atoms with Gasteiger partial charge in [0, 0.05) is 0 Å². The predicted molar refractivity (Wildman–Crippen MR) is 78.2 cm³/mol. The molecule has 21 heavy (non-hydrogen) atoms. The molecule has 0 unspecified atom stereocenters. The molecule has 1 aliphatic rings. The number of benzene rings is 2. The molecule has 0 atom stereocenters. The van der Waals surface area contributed by atoms with Crippen molar-refractivity contribution in [1.29, 1.82) is 0 Å². The monoisotopic (exact) mass is 281 g/mol. The molecule has 0 bridgehead atoms. The molecule has 1 heterocycles. The standard InChI is InChI=1S/C17H12FNO2/c1-11-6-2-3-7-12(11)10-15-17(20)21-16(19-15)13-8-4-5-9-14(13)18/h2-10H,1H3. The lowest BCUT2D eigenvalue weighted by Gasteiger charge is -1.99. The first kappa shape index (κ1) is 13.2. The van der Waals surface area contributed by atoms with Gasteiger partial charge in [0.05, 0.1) is 5.56 Å². The number of halogens is 1. The summed E-state index contributed by atoms with van der Waals surface area (Å²) in [6.45, 7) is 1.94. The van der Waals surface area contributed by atoms with Gasteiger partial charge in [-0.15, -0.1) is 0 Å². The van der Waals surface area contributed by atoms with E-state index in [1.54, 1.807) is 18.2 Å². The number of carbonyl (C=O) groups is 1. The fourth-order valence-corrected chi connectivity index (χ4v) is 2.06. The molecule has 0 saturated heterocycles. The number of aliphatic imine (C=N–C) groups is 1. The lowest BCUT2D eigenvalue weighted by atomic mass is 10.1. The van der Waals surface area contributed by atoms with E-state index >= 15 is 0 Å². The molecule has 2 aromatic rings. The van der Waals surface area contributed by atoms with Crippen LogP contribution in [0.1, 0.15) is 16.7 Å². The highest BCUT2D eigenvalue weighted by Crippen LogP contribution is 2.21. The molecule has 0 radical (unpaired) electrons. The van der Waals surface area contributed by atoms with Crippen LogP contribution in [0.5, 0.6) is 0 Å². The summed E-state index contributed by atoms with van der Waals surface area (Å²) in [5.74, 6) is -1.05. The third-order valence-electron chi connectivity index (χ3n) is 3.21. The number of hydrogen-bond acceptors (Lipinski definition) is 3. The average molecular weight is 281 g/mol. The Morgan fingerprint density at radius 3 is 2.57 bits per heavy atom. The first-order valence-electron chi connectivity index (χ1n) is 6.48. The van der Waals surface area contributed by atoms with E-state index in [0.717, 1.165) is 11.1 Å². The number of ether oxygens (including phenoxy) is 1. The molecule has 1 aliphatic heterocycles. The zero-order valence-electron chi connectivity index (χ0n) is 11.3. The Kier molecular flexibility index (Phi) is 3.36. The number of aryl methyl sites for hydroxylation is 1. The number of hydrogen-bond donors (Lipinski definition) is 0. The van der Waals surface area contributed by atoms with E-state index in [2.05, 4.69) is 4.99 Å². The van der Waals surface area contributed by atoms with Crippen molar-refractivity contribution in [3.8, 4) is 0 Å². The highest BCUT2D eigenvalue weighted by Gasteiger charge is 2.25. The van der Waals surface area contributed by atoms with Crippen LogP contribution in [-0.2, 0) is 9.53 Å². The molecular formula is C17H12FNO2. The highest BCUT2D eigenvalue weighted by molar-refractivity contribution is 6.13. The van der Waals surface area contributed by atoms with Crippen LogP contribution >= 0.6 is 0 Å². The quantitative estimate of drug-likeness (QED) is 0.624. The lowest BCUT2D eigenvalue weighted by Crippen LogP contribution is -2.07. The predicted octanol–water partition coefficient (Wildman–Crippen LogP) is 3.48. The van der Waals surface area contributed by atoms with Gasteiger partial charge >= 0.3 is 5.97 Å². The maximum atomic E-state index is 13.7. The van der Waals surface area contributed by atoms with Gasteiger partial charge in [0.2, 0.25) is 5.90 Å². The first-order valence-corrected chi connectivity index (χ1v) is 6.48. The second kappa shape index (κ2) is 5.32. The molecule has 0 saturated carbocycles. The number of carbonyl (C=O) groups excluding carboxylic acids is 1. The fourth-order valence-electron chi connectivity index (χ4n) is 2.06. The van der Waals surface area contributed by atoms with Crippen molar-refractivity contribution < 1.29 is 13.9 Å². The SMILES string of the molecule is Cc1ccccc1C=C1N=C(c2ccccc2F)OC1=O. The molecule has 4 heteroatoms. The molecule has 0 aliphatic carbocycles. The molecule has 0 fully saturated rings. The van der Waals surface area contributed by atoms with Crippen LogP contribution in [0.3, 0.4) is 0 Å². The van der Waals surface area contributed by atoms with Gasteiger partial charge in [0.1, 0.15) is 5.82 Å². The molecule has 2 aromatic carbocycles. The molecule has 0 spiro atoms. The fraction of sp³-hybridized carbons (Fsp3) is 0.0588. The van der Waals surface area contributed by atoms with Crippen molar-refractivity contribution in [2.24, 2.45) is 4.99 Å². The maximum absolute atomic E-state index is 13.7. The summed E-state index contributed by atoms with van der Waals surface area (Å²) in [5.41, 5.74) is 2.25. The van der Waals surface area contributed by atoms with Crippen molar-refractivity contribution >= 4 is 17.9 Å². The van der Waals surface area contributed by atoms with Crippen LogP contribution in [0.4, 0.5) is 4.39 Å². The van der Waals surface area contributed by atoms with Gasteiger partial charge in [-0.3, -0.25) is 0 Å². The van der Waals surface area contributed by atoms with E-state index in [-0.39, 0.29) is 17.2 Å². The van der Waals surface area contributed by atoms with E-state index < -0.39 is 11.8 Å². The zero-order chi connectivity index (χ0) is 14.8. The van der Waals surface area contributed by atoms with Gasteiger partial charge in [-0.25, -0.2) is 14.2 Å². The maximum Gasteiger partial charge on any atom is 0.363 e. The van der Waals surface area contributed by atoms with Crippen molar-refractivity contribution in [3.05, 3.63) is 76.7 Å². The van der Waals surface area contributed by atoms with Gasteiger partial charge in [-0.2, -0.15) is 0 Å². The molecule has 0 aromatic heterocycles. The molecule has 0 amide bonds. The largest absolute Gasteiger partial charge is 0.402 e. The summed E-state index contributed by atoms with van der Waals surface area (Å²) in [6, 6.07) is 13.7. The van der Waals surface area contributed by atoms with Gasteiger partial charge < -0.3 is 4.74 Å². The lowest BCUT2D eigenvalue weighted by molar-refractivity contribution is -0.129. The topological polar surface area (TPSA) is 38.7 Å². The average Bonchev–Trinajstić information content (AvgIpc) is 2.83. The minimum atomic E-state index is -0.573. The summed E-state index contributed by atoms with van der Waals surface area (Å²) in [5, 5.41) is 0. The minimum absolute atomic E-state index is 0.00191.